The Morgan fingerprint density at radius 3 is 2.45 bits per heavy atom. The molecule has 1 saturated carbocycles. The van der Waals surface area contributed by atoms with Crippen molar-refractivity contribution >= 4 is 10.0 Å². The second kappa shape index (κ2) is 6.70. The smallest absolute Gasteiger partial charge is 0.215 e. The summed E-state index contributed by atoms with van der Waals surface area (Å²) in [6.45, 7) is 4.47. The minimum atomic E-state index is -3.27. The summed E-state index contributed by atoms with van der Waals surface area (Å²) in [6.07, 6.45) is 3.41. The van der Waals surface area contributed by atoms with Crippen molar-refractivity contribution in [2.24, 2.45) is 0 Å². The Morgan fingerprint density at radius 1 is 1.25 bits per heavy atom. The highest BCUT2D eigenvalue weighted by Crippen LogP contribution is 2.30. The maximum absolute atomic E-state index is 12.3. The van der Waals surface area contributed by atoms with Crippen molar-refractivity contribution in [1.29, 1.82) is 0 Å². The molecule has 0 aromatic carbocycles. The standard InChI is InChI=1S/C13H27N3O3S/c1-15(12-13(17)4-2-3-5-13)20(18,19)11-10-16-8-6-14-7-9-16/h14,17H,2-12H2,1H3. The first kappa shape index (κ1) is 16.2. The van der Waals surface area contributed by atoms with E-state index in [1.165, 1.54) is 4.31 Å². The van der Waals surface area contributed by atoms with Crippen molar-refractivity contribution in [3.63, 3.8) is 0 Å². The zero-order chi connectivity index (χ0) is 14.6. The van der Waals surface area contributed by atoms with E-state index in [2.05, 4.69) is 10.2 Å². The number of hydrogen-bond donors (Lipinski definition) is 2. The third kappa shape index (κ3) is 4.39. The van der Waals surface area contributed by atoms with Gasteiger partial charge in [0.15, 0.2) is 0 Å². The van der Waals surface area contributed by atoms with Crippen molar-refractivity contribution in [2.75, 3.05) is 52.1 Å². The number of sulfonamides is 1. The molecular weight excluding hydrogens is 278 g/mol. The minimum absolute atomic E-state index is 0.138. The Bertz CT molecular complexity index is 401. The van der Waals surface area contributed by atoms with Crippen LogP contribution in [0.5, 0.6) is 0 Å². The fourth-order valence-electron chi connectivity index (χ4n) is 3.04. The van der Waals surface area contributed by atoms with Crippen molar-refractivity contribution in [3.8, 4) is 0 Å². The summed E-state index contributed by atoms with van der Waals surface area (Å²) in [5, 5.41) is 13.6. The number of piperazine rings is 1. The fraction of sp³-hybridized carbons (Fsp3) is 1.00. The first-order valence-electron chi connectivity index (χ1n) is 7.51. The monoisotopic (exact) mass is 305 g/mol. The maximum Gasteiger partial charge on any atom is 0.215 e. The van der Waals surface area contributed by atoms with Gasteiger partial charge in [0.05, 0.1) is 11.4 Å². The molecule has 7 heteroatoms. The molecule has 1 heterocycles. The van der Waals surface area contributed by atoms with Crippen molar-refractivity contribution < 1.29 is 13.5 Å². The van der Waals surface area contributed by atoms with Crippen LogP contribution in [0.15, 0.2) is 0 Å². The maximum atomic E-state index is 12.3. The van der Waals surface area contributed by atoms with Crippen LogP contribution in [0.4, 0.5) is 0 Å². The highest BCUT2D eigenvalue weighted by atomic mass is 32.2. The predicted molar refractivity (Wildman–Crippen MR) is 79.1 cm³/mol. The first-order chi connectivity index (χ1) is 9.41. The Kier molecular flexibility index (Phi) is 5.42. The van der Waals surface area contributed by atoms with Gasteiger partial charge in [-0.05, 0) is 12.8 Å². The highest BCUT2D eigenvalue weighted by Gasteiger charge is 2.35. The van der Waals surface area contributed by atoms with Crippen LogP contribution in [0, 0.1) is 0 Å². The molecule has 0 radical (unpaired) electrons. The zero-order valence-electron chi connectivity index (χ0n) is 12.3. The van der Waals surface area contributed by atoms with Crippen molar-refractivity contribution in [3.05, 3.63) is 0 Å². The molecule has 0 bridgehead atoms. The Hall–Kier alpha value is -0.210. The lowest BCUT2D eigenvalue weighted by atomic mass is 10.0. The summed E-state index contributed by atoms with van der Waals surface area (Å²) in [4.78, 5) is 2.17. The summed E-state index contributed by atoms with van der Waals surface area (Å²) < 4.78 is 25.9. The summed E-state index contributed by atoms with van der Waals surface area (Å²) >= 11 is 0. The number of hydrogen-bond acceptors (Lipinski definition) is 5. The molecule has 2 aliphatic rings. The molecule has 0 aromatic heterocycles. The number of rotatable bonds is 6. The van der Waals surface area contributed by atoms with E-state index in [0.717, 1.165) is 39.0 Å². The topological polar surface area (TPSA) is 72.9 Å². The van der Waals surface area contributed by atoms with E-state index in [0.29, 0.717) is 19.4 Å². The van der Waals surface area contributed by atoms with Gasteiger partial charge in [0.1, 0.15) is 0 Å². The minimum Gasteiger partial charge on any atom is -0.389 e. The first-order valence-corrected chi connectivity index (χ1v) is 9.12. The molecule has 0 aromatic rings. The Morgan fingerprint density at radius 2 is 1.85 bits per heavy atom. The third-order valence-electron chi connectivity index (χ3n) is 4.40. The SMILES string of the molecule is CN(CC1(O)CCCC1)S(=O)(=O)CCN1CCNCC1. The lowest BCUT2D eigenvalue weighted by Gasteiger charge is -2.30. The Labute approximate surface area is 122 Å². The number of aliphatic hydroxyl groups is 1. The molecule has 1 saturated heterocycles. The van der Waals surface area contributed by atoms with Gasteiger partial charge in [-0.2, -0.15) is 0 Å². The number of nitrogens with one attached hydrogen (secondary N) is 1. The molecule has 1 aliphatic carbocycles. The molecule has 118 valence electrons. The van der Waals surface area contributed by atoms with Crippen LogP contribution in [0.1, 0.15) is 25.7 Å². The van der Waals surface area contributed by atoms with E-state index in [4.69, 9.17) is 0 Å². The van der Waals surface area contributed by atoms with E-state index in [1.807, 2.05) is 0 Å². The largest absolute Gasteiger partial charge is 0.389 e. The lowest BCUT2D eigenvalue weighted by molar-refractivity contribution is 0.0333. The second-order valence-electron chi connectivity index (χ2n) is 6.10. The zero-order valence-corrected chi connectivity index (χ0v) is 13.2. The quantitative estimate of drug-likeness (QED) is 0.689. The van der Waals surface area contributed by atoms with Crippen LogP contribution >= 0.6 is 0 Å². The molecule has 1 aliphatic heterocycles. The van der Waals surface area contributed by atoms with Crippen molar-refractivity contribution in [2.45, 2.75) is 31.3 Å². The van der Waals surface area contributed by atoms with Gasteiger partial charge in [-0.25, -0.2) is 12.7 Å². The van der Waals surface area contributed by atoms with E-state index in [-0.39, 0.29) is 12.3 Å². The molecular formula is C13H27N3O3S. The van der Waals surface area contributed by atoms with Gasteiger partial charge in [0.25, 0.3) is 0 Å². The molecule has 2 fully saturated rings. The predicted octanol–water partition coefficient (Wildman–Crippen LogP) is -0.542. The molecule has 2 rings (SSSR count). The molecule has 0 spiro atoms. The number of nitrogens with zero attached hydrogens (tertiary/aromatic N) is 2. The summed E-state index contributed by atoms with van der Waals surface area (Å²) in [5.74, 6) is 0.138. The van der Waals surface area contributed by atoms with Gasteiger partial charge in [0.2, 0.25) is 10.0 Å². The summed E-state index contributed by atoms with van der Waals surface area (Å²) in [5.41, 5.74) is -0.809. The fourth-order valence-corrected chi connectivity index (χ4v) is 4.28. The molecule has 0 amide bonds. The molecule has 0 unspecified atom stereocenters. The van der Waals surface area contributed by atoms with E-state index in [9.17, 15) is 13.5 Å². The van der Waals surface area contributed by atoms with E-state index >= 15 is 0 Å². The summed E-state index contributed by atoms with van der Waals surface area (Å²) in [6, 6.07) is 0. The van der Waals surface area contributed by atoms with E-state index < -0.39 is 15.6 Å². The van der Waals surface area contributed by atoms with Gasteiger partial charge >= 0.3 is 0 Å². The molecule has 0 atom stereocenters. The van der Waals surface area contributed by atoms with Gasteiger partial charge < -0.3 is 10.4 Å². The van der Waals surface area contributed by atoms with E-state index in [1.54, 1.807) is 7.05 Å². The van der Waals surface area contributed by atoms with Crippen LogP contribution in [0.2, 0.25) is 0 Å². The van der Waals surface area contributed by atoms with Crippen LogP contribution in [-0.2, 0) is 10.0 Å². The molecule has 20 heavy (non-hydrogen) atoms. The Balaban J connectivity index is 1.82. The lowest BCUT2D eigenvalue weighted by Crippen LogP contribution is -2.47. The average molecular weight is 305 g/mol. The van der Waals surface area contributed by atoms with Gasteiger partial charge in [-0.15, -0.1) is 0 Å². The van der Waals surface area contributed by atoms with Crippen LogP contribution in [0.25, 0.3) is 0 Å². The molecule has 6 nitrogen and oxygen atoms in total. The summed E-state index contributed by atoms with van der Waals surface area (Å²) in [7, 11) is -1.69. The highest BCUT2D eigenvalue weighted by molar-refractivity contribution is 7.89. The third-order valence-corrected chi connectivity index (χ3v) is 6.18. The van der Waals surface area contributed by atoms with Crippen LogP contribution in [-0.4, -0.2) is 80.4 Å². The molecule has 2 N–H and O–H groups in total. The average Bonchev–Trinajstić information content (AvgIpc) is 2.84. The van der Waals surface area contributed by atoms with Gasteiger partial charge in [-0.3, -0.25) is 4.90 Å². The number of likely N-dealkylation sites (N-methyl/N-ethyl adjacent to an activating group) is 1. The van der Waals surface area contributed by atoms with Crippen LogP contribution in [0.3, 0.4) is 0 Å². The normalized spacial score (nSPS) is 24.4. The second-order valence-corrected chi connectivity index (χ2v) is 8.29. The van der Waals surface area contributed by atoms with Crippen molar-refractivity contribution in [1.82, 2.24) is 14.5 Å². The van der Waals surface area contributed by atoms with Gasteiger partial charge in [-0.1, -0.05) is 12.8 Å². The van der Waals surface area contributed by atoms with Gasteiger partial charge in [0, 0.05) is 46.3 Å². The van der Waals surface area contributed by atoms with Crippen LogP contribution < -0.4 is 5.32 Å².